The number of furan rings is 1. The Labute approximate surface area is 131 Å². The summed E-state index contributed by atoms with van der Waals surface area (Å²) in [6.45, 7) is 0. The van der Waals surface area contributed by atoms with E-state index in [4.69, 9.17) is 16.0 Å². The van der Waals surface area contributed by atoms with E-state index in [1.54, 1.807) is 0 Å². The molecular formula is C20H11ClO. The summed E-state index contributed by atoms with van der Waals surface area (Å²) in [5, 5.41) is 7.74. The lowest BCUT2D eigenvalue weighted by molar-refractivity contribution is 0.669. The van der Waals surface area contributed by atoms with E-state index in [0.29, 0.717) is 5.02 Å². The quantitative estimate of drug-likeness (QED) is 0.296. The van der Waals surface area contributed by atoms with Crippen molar-refractivity contribution >= 4 is 55.1 Å². The lowest BCUT2D eigenvalue weighted by Crippen LogP contribution is -1.77. The minimum atomic E-state index is 0.655. The van der Waals surface area contributed by atoms with E-state index in [2.05, 4.69) is 54.6 Å². The number of halogens is 1. The second-order valence-electron chi connectivity index (χ2n) is 5.57. The molecule has 22 heavy (non-hydrogen) atoms. The first-order chi connectivity index (χ1) is 10.8. The predicted octanol–water partition coefficient (Wildman–Crippen LogP) is 6.55. The molecule has 0 atom stereocenters. The standard InChI is InChI=1S/C20H11ClO/c21-18-7-3-6-15-17-10-13-9-8-12-4-1-2-5-14(12)16(13)11-19(17)22-20(15)18/h1-11H. The van der Waals surface area contributed by atoms with Crippen molar-refractivity contribution in [3.05, 3.63) is 71.8 Å². The van der Waals surface area contributed by atoms with E-state index in [-0.39, 0.29) is 0 Å². The second-order valence-corrected chi connectivity index (χ2v) is 5.98. The molecule has 0 saturated heterocycles. The molecule has 0 bridgehead atoms. The molecule has 1 heterocycles. The van der Waals surface area contributed by atoms with Crippen molar-refractivity contribution in [2.24, 2.45) is 0 Å². The zero-order chi connectivity index (χ0) is 14.7. The van der Waals surface area contributed by atoms with Crippen molar-refractivity contribution in [1.29, 1.82) is 0 Å². The van der Waals surface area contributed by atoms with E-state index in [9.17, 15) is 0 Å². The SMILES string of the molecule is Clc1cccc2c1oc1cc3c(ccc4ccccc43)cc12. The summed E-state index contributed by atoms with van der Waals surface area (Å²) in [7, 11) is 0. The Kier molecular flexibility index (Phi) is 2.33. The Hall–Kier alpha value is -2.51. The van der Waals surface area contributed by atoms with E-state index in [1.165, 1.54) is 21.5 Å². The Morgan fingerprint density at radius 3 is 2.41 bits per heavy atom. The highest BCUT2D eigenvalue weighted by molar-refractivity contribution is 6.36. The van der Waals surface area contributed by atoms with E-state index < -0.39 is 0 Å². The van der Waals surface area contributed by atoms with Gasteiger partial charge in [0.25, 0.3) is 0 Å². The second kappa shape index (κ2) is 4.25. The van der Waals surface area contributed by atoms with Gasteiger partial charge in [-0.15, -0.1) is 0 Å². The maximum Gasteiger partial charge on any atom is 0.153 e. The van der Waals surface area contributed by atoms with Gasteiger partial charge in [0.1, 0.15) is 5.58 Å². The van der Waals surface area contributed by atoms with Crippen molar-refractivity contribution in [3.8, 4) is 0 Å². The largest absolute Gasteiger partial charge is 0.454 e. The van der Waals surface area contributed by atoms with Gasteiger partial charge in [0.2, 0.25) is 0 Å². The molecule has 5 aromatic rings. The van der Waals surface area contributed by atoms with Crippen LogP contribution in [0.4, 0.5) is 0 Å². The first-order valence-corrected chi connectivity index (χ1v) is 7.61. The number of benzene rings is 4. The first-order valence-electron chi connectivity index (χ1n) is 7.23. The van der Waals surface area contributed by atoms with E-state index in [0.717, 1.165) is 21.9 Å². The molecule has 0 spiro atoms. The van der Waals surface area contributed by atoms with Gasteiger partial charge in [0.15, 0.2) is 5.58 Å². The van der Waals surface area contributed by atoms with Crippen LogP contribution in [0.3, 0.4) is 0 Å². The van der Waals surface area contributed by atoms with Crippen LogP contribution in [0.2, 0.25) is 5.02 Å². The summed E-state index contributed by atoms with van der Waals surface area (Å²) < 4.78 is 6.01. The number of hydrogen-bond acceptors (Lipinski definition) is 1. The fourth-order valence-electron chi connectivity index (χ4n) is 3.26. The molecule has 1 nitrogen and oxygen atoms in total. The number of para-hydroxylation sites is 1. The molecule has 0 aliphatic heterocycles. The number of fused-ring (bicyclic) bond motifs is 6. The van der Waals surface area contributed by atoms with Gasteiger partial charge < -0.3 is 4.42 Å². The minimum absolute atomic E-state index is 0.655. The monoisotopic (exact) mass is 302 g/mol. The van der Waals surface area contributed by atoms with Crippen LogP contribution in [0.1, 0.15) is 0 Å². The summed E-state index contributed by atoms with van der Waals surface area (Å²) in [5.41, 5.74) is 1.64. The molecule has 0 aliphatic carbocycles. The third-order valence-electron chi connectivity index (χ3n) is 4.31. The summed E-state index contributed by atoms with van der Waals surface area (Å²) in [4.78, 5) is 0. The summed E-state index contributed by atoms with van der Waals surface area (Å²) in [6.07, 6.45) is 0. The van der Waals surface area contributed by atoms with E-state index >= 15 is 0 Å². The molecule has 0 fully saturated rings. The average molecular weight is 303 g/mol. The van der Waals surface area contributed by atoms with Gasteiger partial charge >= 0.3 is 0 Å². The van der Waals surface area contributed by atoms with Crippen LogP contribution in [0.25, 0.3) is 43.5 Å². The van der Waals surface area contributed by atoms with Crippen LogP contribution in [0.5, 0.6) is 0 Å². The van der Waals surface area contributed by atoms with Crippen LogP contribution >= 0.6 is 11.6 Å². The Bertz CT molecular complexity index is 1180. The highest BCUT2D eigenvalue weighted by atomic mass is 35.5. The average Bonchev–Trinajstić information content (AvgIpc) is 2.92. The molecule has 0 unspecified atom stereocenters. The lowest BCUT2D eigenvalue weighted by atomic mass is 10.00. The Morgan fingerprint density at radius 1 is 0.636 bits per heavy atom. The summed E-state index contributed by atoms with van der Waals surface area (Å²) in [5.74, 6) is 0. The van der Waals surface area contributed by atoms with Crippen LogP contribution in [0.15, 0.2) is 71.1 Å². The lowest BCUT2D eigenvalue weighted by Gasteiger charge is -2.03. The maximum absolute atomic E-state index is 6.26. The third-order valence-corrected chi connectivity index (χ3v) is 4.61. The molecule has 0 radical (unpaired) electrons. The van der Waals surface area contributed by atoms with Gasteiger partial charge in [0, 0.05) is 10.8 Å². The summed E-state index contributed by atoms with van der Waals surface area (Å²) in [6, 6.07) is 23.0. The van der Waals surface area contributed by atoms with Gasteiger partial charge in [-0.1, -0.05) is 60.1 Å². The normalized spacial score (nSPS) is 11.9. The van der Waals surface area contributed by atoms with Crippen LogP contribution in [-0.4, -0.2) is 0 Å². The molecule has 4 aromatic carbocycles. The van der Waals surface area contributed by atoms with Gasteiger partial charge in [-0.2, -0.15) is 0 Å². The van der Waals surface area contributed by atoms with Gasteiger partial charge in [-0.3, -0.25) is 0 Å². The van der Waals surface area contributed by atoms with Crippen LogP contribution in [0, 0.1) is 0 Å². The zero-order valence-corrected chi connectivity index (χ0v) is 12.4. The molecule has 104 valence electrons. The van der Waals surface area contributed by atoms with Crippen molar-refractivity contribution < 1.29 is 4.42 Å². The van der Waals surface area contributed by atoms with Gasteiger partial charge in [-0.25, -0.2) is 0 Å². The highest BCUT2D eigenvalue weighted by Crippen LogP contribution is 2.37. The van der Waals surface area contributed by atoms with Crippen LogP contribution in [-0.2, 0) is 0 Å². The molecule has 0 aliphatic rings. The molecule has 5 rings (SSSR count). The minimum Gasteiger partial charge on any atom is -0.454 e. The zero-order valence-electron chi connectivity index (χ0n) is 11.6. The fourth-order valence-corrected chi connectivity index (χ4v) is 3.48. The summed E-state index contributed by atoms with van der Waals surface area (Å²) >= 11 is 6.26. The van der Waals surface area contributed by atoms with Crippen molar-refractivity contribution in [2.45, 2.75) is 0 Å². The number of hydrogen-bond donors (Lipinski definition) is 0. The molecule has 2 heteroatoms. The first kappa shape index (κ1) is 12.1. The third kappa shape index (κ3) is 1.54. The van der Waals surface area contributed by atoms with Gasteiger partial charge in [0.05, 0.1) is 5.02 Å². The number of rotatable bonds is 0. The molecule has 1 aromatic heterocycles. The van der Waals surface area contributed by atoms with Gasteiger partial charge in [-0.05, 0) is 39.7 Å². The highest BCUT2D eigenvalue weighted by Gasteiger charge is 2.11. The van der Waals surface area contributed by atoms with Crippen molar-refractivity contribution in [3.63, 3.8) is 0 Å². The van der Waals surface area contributed by atoms with Crippen molar-refractivity contribution in [2.75, 3.05) is 0 Å². The molecule has 0 amide bonds. The fraction of sp³-hybridized carbons (Fsp3) is 0. The Balaban J connectivity index is 2.03. The topological polar surface area (TPSA) is 13.1 Å². The van der Waals surface area contributed by atoms with Crippen molar-refractivity contribution in [1.82, 2.24) is 0 Å². The molecular weight excluding hydrogens is 292 g/mol. The molecule has 0 N–H and O–H groups in total. The predicted molar refractivity (Wildman–Crippen MR) is 93.7 cm³/mol. The Morgan fingerprint density at radius 2 is 1.45 bits per heavy atom. The maximum atomic E-state index is 6.26. The van der Waals surface area contributed by atoms with Crippen LogP contribution < -0.4 is 0 Å². The molecule has 0 saturated carbocycles. The smallest absolute Gasteiger partial charge is 0.153 e. The van der Waals surface area contributed by atoms with E-state index in [1.807, 2.05) is 12.1 Å².